The third kappa shape index (κ3) is 4.31. The van der Waals surface area contributed by atoms with Gasteiger partial charge in [-0.2, -0.15) is 5.10 Å². The summed E-state index contributed by atoms with van der Waals surface area (Å²) < 4.78 is 14.8. The normalized spacial score (nSPS) is 10.7. The molecule has 0 saturated carbocycles. The second-order valence-corrected chi connectivity index (χ2v) is 6.47. The van der Waals surface area contributed by atoms with Crippen LogP contribution in [0.5, 0.6) is 0 Å². The number of carbonyl (C=O) groups is 1. The largest absolute Gasteiger partial charge is 0.304 e. The highest BCUT2D eigenvalue weighted by molar-refractivity contribution is 6.35. The lowest BCUT2D eigenvalue weighted by Crippen LogP contribution is -2.13. The van der Waals surface area contributed by atoms with Crippen LogP contribution in [0.4, 0.5) is 10.2 Å². The molecule has 3 rings (SSSR count). The van der Waals surface area contributed by atoms with Crippen LogP contribution >= 0.6 is 34.8 Å². The maximum Gasteiger partial charge on any atom is 0.257 e. The lowest BCUT2D eigenvalue weighted by molar-refractivity contribution is 0.102. The van der Waals surface area contributed by atoms with E-state index in [1.54, 1.807) is 29.1 Å². The van der Waals surface area contributed by atoms with Gasteiger partial charge >= 0.3 is 0 Å². The Hall–Kier alpha value is -2.08. The van der Waals surface area contributed by atoms with Gasteiger partial charge in [-0.1, -0.05) is 46.9 Å². The van der Waals surface area contributed by atoms with Gasteiger partial charge in [0.25, 0.3) is 5.91 Å². The molecule has 0 unspecified atom stereocenters. The maximum absolute atomic E-state index is 13.2. The SMILES string of the molecule is O=C(Nc1nn(Cc2ccc(Cl)cc2Cl)cc1Cl)c1cccc(F)c1. The van der Waals surface area contributed by atoms with Crippen molar-refractivity contribution in [1.82, 2.24) is 9.78 Å². The fourth-order valence-corrected chi connectivity index (χ4v) is 2.86. The van der Waals surface area contributed by atoms with Crippen molar-refractivity contribution in [2.45, 2.75) is 6.54 Å². The summed E-state index contributed by atoms with van der Waals surface area (Å²) in [4.78, 5) is 12.2. The van der Waals surface area contributed by atoms with E-state index in [0.717, 1.165) is 11.6 Å². The van der Waals surface area contributed by atoms with Crippen molar-refractivity contribution < 1.29 is 9.18 Å². The third-order valence-corrected chi connectivity index (χ3v) is 4.25. The monoisotopic (exact) mass is 397 g/mol. The van der Waals surface area contributed by atoms with Crippen molar-refractivity contribution in [3.8, 4) is 0 Å². The number of hydrogen-bond acceptors (Lipinski definition) is 2. The van der Waals surface area contributed by atoms with Gasteiger partial charge < -0.3 is 5.32 Å². The molecule has 0 aliphatic heterocycles. The highest BCUT2D eigenvalue weighted by Crippen LogP contribution is 2.24. The number of benzene rings is 2. The number of rotatable bonds is 4. The summed E-state index contributed by atoms with van der Waals surface area (Å²) >= 11 is 18.1. The van der Waals surface area contributed by atoms with Crippen LogP contribution in [0.1, 0.15) is 15.9 Å². The number of aromatic nitrogens is 2. The fraction of sp³-hybridized carbons (Fsp3) is 0.0588. The Morgan fingerprint density at radius 1 is 1.12 bits per heavy atom. The predicted molar refractivity (Wildman–Crippen MR) is 97.2 cm³/mol. The number of anilines is 1. The van der Waals surface area contributed by atoms with E-state index < -0.39 is 11.7 Å². The molecule has 1 amide bonds. The lowest BCUT2D eigenvalue weighted by Gasteiger charge is -2.05. The highest BCUT2D eigenvalue weighted by atomic mass is 35.5. The molecular formula is C17H11Cl3FN3O. The molecule has 0 bridgehead atoms. The fourth-order valence-electron chi connectivity index (χ4n) is 2.20. The molecule has 1 aromatic heterocycles. The molecule has 25 heavy (non-hydrogen) atoms. The Labute approximate surface area is 158 Å². The molecule has 4 nitrogen and oxygen atoms in total. The number of hydrogen-bond donors (Lipinski definition) is 1. The van der Waals surface area contributed by atoms with Gasteiger partial charge in [-0.05, 0) is 35.9 Å². The number of nitrogens with zero attached hydrogens (tertiary/aromatic N) is 2. The molecule has 0 spiro atoms. The zero-order chi connectivity index (χ0) is 18.0. The minimum Gasteiger partial charge on any atom is -0.304 e. The Morgan fingerprint density at radius 3 is 2.64 bits per heavy atom. The third-order valence-electron chi connectivity index (χ3n) is 3.38. The van der Waals surface area contributed by atoms with Crippen LogP contribution < -0.4 is 5.32 Å². The summed E-state index contributed by atoms with van der Waals surface area (Å²) in [5.74, 6) is -0.821. The van der Waals surface area contributed by atoms with Gasteiger partial charge in [0.15, 0.2) is 5.82 Å². The van der Waals surface area contributed by atoms with Crippen LogP contribution in [0.2, 0.25) is 15.1 Å². The summed E-state index contributed by atoms with van der Waals surface area (Å²) in [6.45, 7) is 0.353. The second kappa shape index (κ2) is 7.44. The summed E-state index contributed by atoms with van der Waals surface area (Å²) in [6.07, 6.45) is 1.56. The van der Waals surface area contributed by atoms with Gasteiger partial charge in [-0.3, -0.25) is 9.48 Å². The molecule has 0 atom stereocenters. The van der Waals surface area contributed by atoms with Crippen LogP contribution in [-0.4, -0.2) is 15.7 Å². The average molecular weight is 399 g/mol. The minimum atomic E-state index is -0.504. The molecule has 0 aliphatic carbocycles. The zero-order valence-electron chi connectivity index (χ0n) is 12.6. The first-order valence-electron chi connectivity index (χ1n) is 7.16. The van der Waals surface area contributed by atoms with Gasteiger partial charge in [-0.25, -0.2) is 4.39 Å². The Balaban J connectivity index is 1.77. The number of halogens is 4. The van der Waals surface area contributed by atoms with Gasteiger partial charge in [0, 0.05) is 21.8 Å². The van der Waals surface area contributed by atoms with E-state index in [1.165, 1.54) is 18.2 Å². The minimum absolute atomic E-state index is 0.173. The molecule has 2 aromatic carbocycles. The first-order chi connectivity index (χ1) is 11.9. The van der Waals surface area contributed by atoms with Gasteiger partial charge in [0.05, 0.1) is 6.54 Å². The van der Waals surface area contributed by atoms with Gasteiger partial charge in [0.1, 0.15) is 10.8 Å². The van der Waals surface area contributed by atoms with Crippen molar-refractivity contribution in [3.05, 3.63) is 80.7 Å². The quantitative estimate of drug-likeness (QED) is 0.649. The molecule has 3 aromatic rings. The Bertz CT molecular complexity index is 943. The van der Waals surface area contributed by atoms with E-state index in [9.17, 15) is 9.18 Å². The van der Waals surface area contributed by atoms with Crippen molar-refractivity contribution in [2.24, 2.45) is 0 Å². The smallest absolute Gasteiger partial charge is 0.257 e. The van der Waals surface area contributed by atoms with E-state index in [2.05, 4.69) is 10.4 Å². The number of carbonyl (C=O) groups excluding carboxylic acids is 1. The summed E-state index contributed by atoms with van der Waals surface area (Å²) in [5, 5.41) is 8.08. The molecule has 8 heteroatoms. The first kappa shape index (κ1) is 17.7. The summed E-state index contributed by atoms with van der Waals surface area (Å²) in [7, 11) is 0. The van der Waals surface area contributed by atoms with E-state index >= 15 is 0 Å². The van der Waals surface area contributed by atoms with Crippen LogP contribution in [0.3, 0.4) is 0 Å². The van der Waals surface area contributed by atoms with Crippen molar-refractivity contribution >= 4 is 46.5 Å². The molecule has 0 fully saturated rings. The van der Waals surface area contributed by atoms with Crippen molar-refractivity contribution in [1.29, 1.82) is 0 Å². The van der Waals surface area contributed by atoms with Crippen molar-refractivity contribution in [2.75, 3.05) is 5.32 Å². The molecule has 0 aliphatic rings. The predicted octanol–water partition coefficient (Wildman–Crippen LogP) is 5.28. The molecule has 128 valence electrons. The van der Waals surface area contributed by atoms with E-state index in [4.69, 9.17) is 34.8 Å². The topological polar surface area (TPSA) is 46.9 Å². The highest BCUT2D eigenvalue weighted by Gasteiger charge is 2.13. The van der Waals surface area contributed by atoms with Crippen LogP contribution in [0.15, 0.2) is 48.7 Å². The van der Waals surface area contributed by atoms with Crippen LogP contribution in [-0.2, 0) is 6.54 Å². The van der Waals surface area contributed by atoms with E-state index in [0.29, 0.717) is 16.6 Å². The average Bonchev–Trinajstić information content (AvgIpc) is 2.89. The molecule has 1 N–H and O–H groups in total. The van der Waals surface area contributed by atoms with Crippen LogP contribution in [0.25, 0.3) is 0 Å². The first-order valence-corrected chi connectivity index (χ1v) is 8.29. The van der Waals surface area contributed by atoms with Gasteiger partial charge in [-0.15, -0.1) is 0 Å². The summed E-state index contributed by atoms with van der Waals surface area (Å²) in [6, 6.07) is 10.5. The maximum atomic E-state index is 13.2. The molecule has 0 saturated heterocycles. The summed E-state index contributed by atoms with van der Waals surface area (Å²) in [5.41, 5.74) is 0.972. The number of amides is 1. The van der Waals surface area contributed by atoms with Crippen molar-refractivity contribution in [3.63, 3.8) is 0 Å². The van der Waals surface area contributed by atoms with Crippen LogP contribution in [0, 0.1) is 5.82 Å². The molecule has 0 radical (unpaired) electrons. The molecule has 1 heterocycles. The van der Waals surface area contributed by atoms with Gasteiger partial charge in [0.2, 0.25) is 0 Å². The number of nitrogens with one attached hydrogen (secondary N) is 1. The zero-order valence-corrected chi connectivity index (χ0v) is 14.9. The van der Waals surface area contributed by atoms with E-state index in [-0.39, 0.29) is 16.4 Å². The molecular weight excluding hydrogens is 388 g/mol. The second-order valence-electron chi connectivity index (χ2n) is 5.22. The Kier molecular flexibility index (Phi) is 5.27. The van der Waals surface area contributed by atoms with E-state index in [1.807, 2.05) is 0 Å². The lowest BCUT2D eigenvalue weighted by atomic mass is 10.2. The standard InChI is InChI=1S/C17H11Cl3FN3O/c18-12-5-4-11(14(19)7-12)8-24-9-15(20)16(23-24)22-17(25)10-2-1-3-13(21)6-10/h1-7,9H,8H2,(H,22,23,25). The Morgan fingerprint density at radius 2 is 1.92 bits per heavy atom.